The van der Waals surface area contributed by atoms with E-state index in [1.807, 2.05) is 24.3 Å². The monoisotopic (exact) mass is 367 g/mol. The van der Waals surface area contributed by atoms with Gasteiger partial charge in [-0.2, -0.15) is 0 Å². The van der Waals surface area contributed by atoms with Gasteiger partial charge in [-0.3, -0.25) is 9.69 Å². The van der Waals surface area contributed by atoms with E-state index in [-0.39, 0.29) is 11.6 Å². The molecule has 0 spiro atoms. The minimum atomic E-state index is -0.0404. The molecule has 0 radical (unpaired) electrons. The number of rotatable bonds is 5. The van der Waals surface area contributed by atoms with E-state index in [0.717, 1.165) is 53.1 Å². The molecule has 3 aromatic rings. The van der Waals surface area contributed by atoms with E-state index < -0.39 is 0 Å². The molecule has 0 saturated carbocycles. The summed E-state index contributed by atoms with van der Waals surface area (Å²) in [7, 11) is 1.64. The van der Waals surface area contributed by atoms with Gasteiger partial charge in [-0.25, -0.2) is 0 Å². The van der Waals surface area contributed by atoms with Crippen molar-refractivity contribution in [3.05, 3.63) is 57.7 Å². The standard InChI is InChI=1S/C21H25N3O3/c1-13(2)20-11-18(23-27-20)19-5-4-8-24(19)12-15-9-14-10-16(26-3)6-7-17(14)22-21(15)25/h6-7,9-11,13,19H,4-5,8,12H2,1-3H3,(H,22,25). The number of nitrogens with one attached hydrogen (secondary N) is 1. The molecule has 1 N–H and O–H groups in total. The summed E-state index contributed by atoms with van der Waals surface area (Å²) < 4.78 is 10.8. The number of benzene rings is 1. The van der Waals surface area contributed by atoms with Gasteiger partial charge in [-0.1, -0.05) is 19.0 Å². The van der Waals surface area contributed by atoms with Gasteiger partial charge in [0.2, 0.25) is 0 Å². The van der Waals surface area contributed by atoms with Crippen LogP contribution in [0.4, 0.5) is 0 Å². The van der Waals surface area contributed by atoms with Gasteiger partial charge in [0.15, 0.2) is 0 Å². The van der Waals surface area contributed by atoms with E-state index in [1.54, 1.807) is 7.11 Å². The van der Waals surface area contributed by atoms with Gasteiger partial charge in [0.25, 0.3) is 5.56 Å². The molecule has 0 aliphatic carbocycles. The molecular formula is C21H25N3O3. The van der Waals surface area contributed by atoms with Crippen molar-refractivity contribution in [3.8, 4) is 5.75 Å². The molecule has 6 nitrogen and oxygen atoms in total. The third kappa shape index (κ3) is 3.49. The Labute approximate surface area is 158 Å². The van der Waals surface area contributed by atoms with Gasteiger partial charge in [0, 0.05) is 35.0 Å². The van der Waals surface area contributed by atoms with Crippen LogP contribution in [0.5, 0.6) is 5.75 Å². The lowest BCUT2D eigenvalue weighted by Crippen LogP contribution is -2.27. The summed E-state index contributed by atoms with van der Waals surface area (Å²) >= 11 is 0. The number of methoxy groups -OCH3 is 1. The fraction of sp³-hybridized carbons (Fsp3) is 0.429. The first-order chi connectivity index (χ1) is 13.0. The number of aromatic amines is 1. The van der Waals surface area contributed by atoms with Crippen molar-refractivity contribution in [2.45, 2.75) is 45.2 Å². The number of ether oxygens (including phenoxy) is 1. The van der Waals surface area contributed by atoms with Crippen molar-refractivity contribution in [2.75, 3.05) is 13.7 Å². The van der Waals surface area contributed by atoms with E-state index in [0.29, 0.717) is 12.5 Å². The zero-order valence-corrected chi connectivity index (χ0v) is 16.0. The number of pyridine rings is 1. The van der Waals surface area contributed by atoms with E-state index in [1.165, 1.54) is 0 Å². The van der Waals surface area contributed by atoms with E-state index in [9.17, 15) is 4.79 Å². The molecule has 3 heterocycles. The summed E-state index contributed by atoms with van der Waals surface area (Å²) in [6, 6.07) is 9.90. The number of aromatic nitrogens is 2. The first-order valence-electron chi connectivity index (χ1n) is 9.45. The molecule has 27 heavy (non-hydrogen) atoms. The molecular weight excluding hydrogens is 342 g/mol. The summed E-state index contributed by atoms with van der Waals surface area (Å²) in [5.41, 5.74) is 2.51. The van der Waals surface area contributed by atoms with Gasteiger partial charge < -0.3 is 14.2 Å². The Kier molecular flexibility index (Phi) is 4.74. The van der Waals surface area contributed by atoms with Crippen LogP contribution in [0.3, 0.4) is 0 Å². The molecule has 1 aromatic carbocycles. The van der Waals surface area contributed by atoms with Crippen molar-refractivity contribution in [1.29, 1.82) is 0 Å². The Morgan fingerprint density at radius 3 is 2.93 bits per heavy atom. The molecule has 0 bridgehead atoms. The van der Waals surface area contributed by atoms with Gasteiger partial charge in [-0.15, -0.1) is 0 Å². The summed E-state index contributed by atoms with van der Waals surface area (Å²) in [4.78, 5) is 17.9. The van der Waals surface area contributed by atoms with Crippen molar-refractivity contribution in [3.63, 3.8) is 0 Å². The predicted molar refractivity (Wildman–Crippen MR) is 104 cm³/mol. The molecule has 6 heteroatoms. The third-order valence-corrected chi connectivity index (χ3v) is 5.32. The molecule has 1 saturated heterocycles. The van der Waals surface area contributed by atoms with Crippen LogP contribution in [-0.4, -0.2) is 28.7 Å². The average Bonchev–Trinajstić information content (AvgIpc) is 3.31. The minimum Gasteiger partial charge on any atom is -0.497 e. The third-order valence-electron chi connectivity index (χ3n) is 5.32. The highest BCUT2D eigenvalue weighted by Crippen LogP contribution is 2.33. The molecule has 142 valence electrons. The second kappa shape index (κ2) is 7.19. The number of hydrogen-bond donors (Lipinski definition) is 1. The first kappa shape index (κ1) is 17.8. The van der Waals surface area contributed by atoms with Crippen molar-refractivity contribution < 1.29 is 9.26 Å². The van der Waals surface area contributed by atoms with Gasteiger partial charge >= 0.3 is 0 Å². The van der Waals surface area contributed by atoms with Crippen LogP contribution >= 0.6 is 0 Å². The van der Waals surface area contributed by atoms with Crippen LogP contribution in [0.15, 0.2) is 39.6 Å². The number of fused-ring (bicyclic) bond motifs is 1. The van der Waals surface area contributed by atoms with E-state index in [2.05, 4.69) is 35.0 Å². The number of likely N-dealkylation sites (tertiary alicyclic amines) is 1. The second-order valence-electron chi connectivity index (χ2n) is 7.51. The zero-order valence-electron chi connectivity index (χ0n) is 16.0. The summed E-state index contributed by atoms with van der Waals surface area (Å²) in [6.45, 7) is 5.74. The lowest BCUT2D eigenvalue weighted by atomic mass is 10.1. The molecule has 2 aromatic heterocycles. The van der Waals surface area contributed by atoms with Crippen LogP contribution in [0.2, 0.25) is 0 Å². The van der Waals surface area contributed by atoms with Crippen molar-refractivity contribution in [1.82, 2.24) is 15.0 Å². The van der Waals surface area contributed by atoms with E-state index >= 15 is 0 Å². The zero-order chi connectivity index (χ0) is 19.0. The highest BCUT2D eigenvalue weighted by molar-refractivity contribution is 5.80. The Hall–Kier alpha value is -2.60. The van der Waals surface area contributed by atoms with Crippen molar-refractivity contribution in [2.24, 2.45) is 0 Å². The summed E-state index contributed by atoms with van der Waals surface area (Å²) in [6.07, 6.45) is 2.12. The molecule has 1 fully saturated rings. The Balaban J connectivity index is 1.61. The Bertz CT molecular complexity index is 1010. The summed E-state index contributed by atoms with van der Waals surface area (Å²) in [5, 5.41) is 5.26. The maximum atomic E-state index is 12.6. The first-order valence-corrected chi connectivity index (χ1v) is 9.45. The van der Waals surface area contributed by atoms with Gasteiger partial charge in [0.1, 0.15) is 17.2 Å². The normalized spacial score (nSPS) is 17.9. The molecule has 1 aliphatic heterocycles. The molecule has 1 unspecified atom stereocenters. The Morgan fingerprint density at radius 1 is 1.33 bits per heavy atom. The fourth-order valence-corrected chi connectivity index (χ4v) is 3.78. The summed E-state index contributed by atoms with van der Waals surface area (Å²) in [5.74, 6) is 2.01. The maximum absolute atomic E-state index is 12.6. The SMILES string of the molecule is COc1ccc2[nH]c(=O)c(CN3CCCC3c3cc(C(C)C)on3)cc2c1. The molecule has 0 amide bonds. The average molecular weight is 367 g/mol. The number of nitrogens with zero attached hydrogens (tertiary/aromatic N) is 2. The highest BCUT2D eigenvalue weighted by Gasteiger charge is 2.29. The van der Waals surface area contributed by atoms with E-state index in [4.69, 9.17) is 9.26 Å². The van der Waals surface area contributed by atoms with Crippen LogP contribution in [0, 0.1) is 0 Å². The maximum Gasteiger partial charge on any atom is 0.252 e. The molecule has 1 atom stereocenters. The second-order valence-corrected chi connectivity index (χ2v) is 7.51. The van der Waals surface area contributed by atoms with Crippen LogP contribution < -0.4 is 10.3 Å². The molecule has 4 rings (SSSR count). The minimum absolute atomic E-state index is 0.0404. The quantitative estimate of drug-likeness (QED) is 0.738. The van der Waals surface area contributed by atoms with Crippen LogP contribution in [0.1, 0.15) is 55.7 Å². The molecule has 1 aliphatic rings. The predicted octanol–water partition coefficient (Wildman–Crippen LogP) is 3.99. The number of H-pyrrole nitrogens is 1. The fourth-order valence-electron chi connectivity index (χ4n) is 3.78. The van der Waals surface area contributed by atoms with Gasteiger partial charge in [0.05, 0.1) is 13.2 Å². The highest BCUT2D eigenvalue weighted by atomic mass is 16.5. The number of hydrogen-bond acceptors (Lipinski definition) is 5. The largest absolute Gasteiger partial charge is 0.497 e. The van der Waals surface area contributed by atoms with Crippen molar-refractivity contribution >= 4 is 10.9 Å². The van der Waals surface area contributed by atoms with Crippen LogP contribution in [-0.2, 0) is 6.54 Å². The Morgan fingerprint density at radius 2 is 2.19 bits per heavy atom. The smallest absolute Gasteiger partial charge is 0.252 e. The lowest BCUT2D eigenvalue weighted by molar-refractivity contribution is 0.235. The lowest BCUT2D eigenvalue weighted by Gasteiger charge is -2.22. The topological polar surface area (TPSA) is 71.4 Å². The van der Waals surface area contributed by atoms with Crippen LogP contribution in [0.25, 0.3) is 10.9 Å². The van der Waals surface area contributed by atoms with Gasteiger partial charge in [-0.05, 0) is 43.7 Å².